The van der Waals surface area contributed by atoms with Crippen molar-refractivity contribution in [2.24, 2.45) is 40.9 Å². The van der Waals surface area contributed by atoms with Gasteiger partial charge in [0.25, 0.3) is 5.91 Å². The SMILES string of the molecule is C[C@H]1CC[C@H]2[C-](CC[C@@H]3C2CC[C@@]2(C)C3CCC[C@@H]2[C@H](C)NC(=O)c2ccc(C#N)cc2)C1.[Li+]. The van der Waals surface area contributed by atoms with E-state index in [-0.39, 0.29) is 30.8 Å². The minimum Gasteiger partial charge on any atom is -0.349 e. The number of fused-ring (bicyclic) bond motifs is 5. The second kappa shape index (κ2) is 10.4. The first-order valence-corrected chi connectivity index (χ1v) is 13.6. The molecule has 178 valence electrons. The monoisotopic (exact) mass is 452 g/mol. The van der Waals surface area contributed by atoms with E-state index >= 15 is 0 Å². The summed E-state index contributed by atoms with van der Waals surface area (Å²) in [6.45, 7) is 7.26. The molecule has 34 heavy (non-hydrogen) atoms. The topological polar surface area (TPSA) is 52.9 Å². The molecule has 4 fully saturated rings. The normalized spacial score (nSPS) is 38.2. The smallest absolute Gasteiger partial charge is 0.349 e. The van der Waals surface area contributed by atoms with E-state index in [1.54, 1.807) is 24.3 Å². The van der Waals surface area contributed by atoms with Gasteiger partial charge in [0.2, 0.25) is 0 Å². The van der Waals surface area contributed by atoms with Gasteiger partial charge in [-0.15, -0.1) is 0 Å². The standard InChI is InChI=1S/C30H41N2O.Li/c1-19-7-13-24-23(17-19)12-14-26-25(24)15-16-30(3)27(5-4-6-28(26)30)20(2)32-29(33)22-10-8-21(18-31)9-11-22;/h8-11,19-20,24-28H,4-7,12-17H2,1-3H3,(H,32,33);/q-1;+1/t19-,20-,24-,25?,26+,27+,28?,30+;/m0./s1. The molecule has 0 aromatic heterocycles. The predicted octanol–water partition coefficient (Wildman–Crippen LogP) is 3.93. The van der Waals surface area contributed by atoms with Crippen LogP contribution in [0.1, 0.15) is 101 Å². The number of rotatable bonds is 3. The molecule has 1 amide bonds. The van der Waals surface area contributed by atoms with Gasteiger partial charge in [0.05, 0.1) is 11.6 Å². The molecule has 2 unspecified atom stereocenters. The largest absolute Gasteiger partial charge is 1.00 e. The summed E-state index contributed by atoms with van der Waals surface area (Å²) in [5.74, 6) is 6.95. The van der Waals surface area contributed by atoms with Crippen LogP contribution >= 0.6 is 0 Å². The molecule has 4 saturated carbocycles. The van der Waals surface area contributed by atoms with E-state index in [2.05, 4.69) is 32.2 Å². The first-order chi connectivity index (χ1) is 15.9. The summed E-state index contributed by atoms with van der Waals surface area (Å²) in [6, 6.07) is 9.33. The minimum absolute atomic E-state index is 0. The molecule has 3 nitrogen and oxygen atoms in total. The van der Waals surface area contributed by atoms with Gasteiger partial charge in [-0.05, 0) is 73.6 Å². The third-order valence-electron chi connectivity index (χ3n) is 10.5. The summed E-state index contributed by atoms with van der Waals surface area (Å²) >= 11 is 0. The Hall–Kier alpha value is -1.22. The Morgan fingerprint density at radius 3 is 2.62 bits per heavy atom. The molecule has 5 rings (SSSR count). The van der Waals surface area contributed by atoms with Crippen molar-refractivity contribution in [2.75, 3.05) is 0 Å². The summed E-state index contributed by atoms with van der Waals surface area (Å²) < 4.78 is 0. The van der Waals surface area contributed by atoms with Crippen LogP contribution in [0.3, 0.4) is 0 Å². The molecule has 4 heteroatoms. The molecule has 8 atom stereocenters. The number of carbonyl (C=O) groups is 1. The van der Waals surface area contributed by atoms with Gasteiger partial charge in [-0.3, -0.25) is 4.79 Å². The number of nitriles is 1. The van der Waals surface area contributed by atoms with E-state index in [4.69, 9.17) is 5.26 Å². The second-order valence-corrected chi connectivity index (χ2v) is 12.2. The zero-order valence-corrected chi connectivity index (χ0v) is 21.8. The molecule has 0 saturated heterocycles. The van der Waals surface area contributed by atoms with Crippen molar-refractivity contribution >= 4 is 5.91 Å². The number of hydrogen-bond acceptors (Lipinski definition) is 2. The summed E-state index contributed by atoms with van der Waals surface area (Å²) in [4.78, 5) is 13.0. The molecule has 4 aliphatic carbocycles. The fourth-order valence-electron chi connectivity index (χ4n) is 8.90. The van der Waals surface area contributed by atoms with Gasteiger partial charge in [0.1, 0.15) is 0 Å². The average Bonchev–Trinajstić information content (AvgIpc) is 2.82. The summed E-state index contributed by atoms with van der Waals surface area (Å²) in [5, 5.41) is 12.4. The average molecular weight is 453 g/mol. The first-order valence-electron chi connectivity index (χ1n) is 13.6. The molecular formula is C30H41LiN2O. The Kier molecular flexibility index (Phi) is 7.92. The maximum absolute atomic E-state index is 13.0. The molecule has 0 radical (unpaired) electrons. The zero-order valence-electron chi connectivity index (χ0n) is 21.8. The Morgan fingerprint density at radius 2 is 1.88 bits per heavy atom. The van der Waals surface area contributed by atoms with Gasteiger partial charge in [0, 0.05) is 11.6 Å². The van der Waals surface area contributed by atoms with Crippen LogP contribution in [0.2, 0.25) is 0 Å². The Bertz CT molecular complexity index is 907. The van der Waals surface area contributed by atoms with Gasteiger partial charge >= 0.3 is 18.9 Å². The van der Waals surface area contributed by atoms with Crippen LogP contribution in [-0.4, -0.2) is 11.9 Å². The Labute approximate surface area is 219 Å². The van der Waals surface area contributed by atoms with Crippen molar-refractivity contribution < 1.29 is 23.7 Å². The van der Waals surface area contributed by atoms with E-state index in [0.29, 0.717) is 22.5 Å². The number of hydrogen-bond donors (Lipinski definition) is 1. The van der Waals surface area contributed by atoms with Crippen molar-refractivity contribution in [3.8, 4) is 6.07 Å². The van der Waals surface area contributed by atoms with Crippen LogP contribution in [0.4, 0.5) is 0 Å². The van der Waals surface area contributed by atoms with E-state index < -0.39 is 0 Å². The summed E-state index contributed by atoms with van der Waals surface area (Å²) in [6.07, 6.45) is 13.7. The fraction of sp³-hybridized carbons (Fsp3) is 0.700. The molecule has 0 spiro atoms. The fourth-order valence-corrected chi connectivity index (χ4v) is 8.90. The van der Waals surface area contributed by atoms with E-state index in [0.717, 1.165) is 29.6 Å². The number of amides is 1. The first kappa shape index (κ1) is 25.9. The van der Waals surface area contributed by atoms with E-state index in [1.165, 1.54) is 64.2 Å². The molecule has 0 heterocycles. The molecule has 4 aliphatic rings. The van der Waals surface area contributed by atoms with Gasteiger partial charge < -0.3 is 11.2 Å². The van der Waals surface area contributed by atoms with Crippen molar-refractivity contribution in [3.63, 3.8) is 0 Å². The van der Waals surface area contributed by atoms with E-state index in [9.17, 15) is 4.79 Å². The van der Waals surface area contributed by atoms with Crippen molar-refractivity contribution in [1.82, 2.24) is 5.32 Å². The predicted molar refractivity (Wildman–Crippen MR) is 132 cm³/mol. The van der Waals surface area contributed by atoms with Crippen molar-refractivity contribution in [1.29, 1.82) is 5.26 Å². The van der Waals surface area contributed by atoms with Gasteiger partial charge in [-0.25, -0.2) is 0 Å². The number of nitrogens with one attached hydrogen (secondary N) is 1. The summed E-state index contributed by atoms with van der Waals surface area (Å²) in [7, 11) is 0. The van der Waals surface area contributed by atoms with Gasteiger partial charge in [-0.2, -0.15) is 24.0 Å². The van der Waals surface area contributed by atoms with Gasteiger partial charge in [-0.1, -0.05) is 57.8 Å². The van der Waals surface area contributed by atoms with Crippen LogP contribution in [0.25, 0.3) is 0 Å². The number of carbonyl (C=O) groups excluding carboxylic acids is 1. The molecular weight excluding hydrogens is 411 g/mol. The number of benzene rings is 1. The number of nitrogens with zero attached hydrogens (tertiary/aromatic N) is 1. The maximum atomic E-state index is 13.0. The molecule has 1 N–H and O–H groups in total. The second-order valence-electron chi connectivity index (χ2n) is 12.2. The van der Waals surface area contributed by atoms with Crippen LogP contribution < -0.4 is 24.2 Å². The van der Waals surface area contributed by atoms with Crippen LogP contribution in [0, 0.1) is 58.2 Å². The van der Waals surface area contributed by atoms with Crippen LogP contribution in [-0.2, 0) is 0 Å². The van der Waals surface area contributed by atoms with Gasteiger partial charge in [0.15, 0.2) is 0 Å². The molecule has 1 aromatic carbocycles. The Balaban J connectivity index is 0.00000274. The van der Waals surface area contributed by atoms with E-state index in [1.807, 2.05) is 5.92 Å². The quantitative estimate of drug-likeness (QED) is 0.558. The minimum atomic E-state index is -0.000340. The van der Waals surface area contributed by atoms with Crippen molar-refractivity contribution in [3.05, 3.63) is 41.3 Å². The summed E-state index contributed by atoms with van der Waals surface area (Å²) in [5.41, 5.74) is 1.60. The third kappa shape index (κ3) is 4.63. The van der Waals surface area contributed by atoms with Crippen LogP contribution in [0.5, 0.6) is 0 Å². The van der Waals surface area contributed by atoms with Crippen molar-refractivity contribution in [2.45, 2.75) is 91.0 Å². The third-order valence-corrected chi connectivity index (χ3v) is 10.5. The molecule has 0 bridgehead atoms. The molecule has 0 aliphatic heterocycles. The maximum Gasteiger partial charge on any atom is 1.00 e. The molecule has 1 aromatic rings. The van der Waals surface area contributed by atoms with Crippen LogP contribution in [0.15, 0.2) is 24.3 Å². The zero-order chi connectivity index (χ0) is 23.2. The Morgan fingerprint density at radius 1 is 1.12 bits per heavy atom.